The maximum absolute atomic E-state index is 12.3. The van der Waals surface area contributed by atoms with E-state index in [0.717, 1.165) is 30.3 Å². The number of fused-ring (bicyclic) bond motifs is 1. The first kappa shape index (κ1) is 13.9. The molecule has 3 fully saturated rings. The molecular formula is C15H24NO4+. The van der Waals surface area contributed by atoms with Gasteiger partial charge in [-0.2, -0.15) is 0 Å². The van der Waals surface area contributed by atoms with Crippen LogP contribution in [0.15, 0.2) is 0 Å². The minimum absolute atomic E-state index is 0.0831. The van der Waals surface area contributed by atoms with Crippen LogP contribution in [0.1, 0.15) is 19.3 Å². The maximum atomic E-state index is 12.3. The van der Waals surface area contributed by atoms with Crippen LogP contribution in [0, 0.1) is 23.7 Å². The highest BCUT2D eigenvalue weighted by Crippen LogP contribution is 2.57. The summed E-state index contributed by atoms with van der Waals surface area (Å²) in [5, 5.41) is 0. The van der Waals surface area contributed by atoms with E-state index in [9.17, 15) is 9.59 Å². The van der Waals surface area contributed by atoms with Crippen molar-refractivity contribution in [3.05, 3.63) is 0 Å². The van der Waals surface area contributed by atoms with Gasteiger partial charge < -0.3 is 14.0 Å². The molecule has 1 heterocycles. The van der Waals surface area contributed by atoms with E-state index in [1.807, 2.05) is 0 Å². The first-order chi connectivity index (χ1) is 9.37. The van der Waals surface area contributed by atoms with Gasteiger partial charge in [-0.25, -0.2) is 0 Å². The van der Waals surface area contributed by atoms with Crippen LogP contribution in [-0.4, -0.2) is 56.8 Å². The number of esters is 2. The van der Waals surface area contributed by atoms with E-state index in [-0.39, 0.29) is 35.8 Å². The number of nitrogens with zero attached hydrogens (tertiary/aromatic N) is 1. The molecule has 0 aromatic heterocycles. The Balaban J connectivity index is 1.52. The molecule has 0 N–H and O–H groups in total. The Morgan fingerprint density at radius 1 is 1.35 bits per heavy atom. The average Bonchev–Trinajstić information content (AvgIpc) is 2.93. The highest BCUT2D eigenvalue weighted by atomic mass is 16.6. The third-order valence-electron chi connectivity index (χ3n) is 4.97. The fourth-order valence-corrected chi connectivity index (χ4v) is 4.13. The van der Waals surface area contributed by atoms with Crippen molar-refractivity contribution in [2.24, 2.45) is 23.7 Å². The van der Waals surface area contributed by atoms with Crippen LogP contribution in [0.4, 0.5) is 0 Å². The zero-order valence-electron chi connectivity index (χ0n) is 12.5. The molecule has 2 bridgehead atoms. The average molecular weight is 282 g/mol. The lowest BCUT2D eigenvalue weighted by molar-refractivity contribution is -0.870. The van der Waals surface area contributed by atoms with E-state index < -0.39 is 0 Å². The molecule has 0 aromatic rings. The molecular weight excluding hydrogens is 258 g/mol. The Hall–Kier alpha value is -1.10. The van der Waals surface area contributed by atoms with Crippen LogP contribution in [0.5, 0.6) is 0 Å². The van der Waals surface area contributed by atoms with Crippen molar-refractivity contribution in [1.82, 2.24) is 0 Å². The van der Waals surface area contributed by atoms with Gasteiger partial charge in [0.15, 0.2) is 0 Å². The zero-order chi connectivity index (χ0) is 14.5. The zero-order valence-corrected chi connectivity index (χ0v) is 12.5. The first-order valence-electron chi connectivity index (χ1n) is 7.54. The van der Waals surface area contributed by atoms with Gasteiger partial charge in [-0.15, -0.1) is 0 Å². The molecule has 0 spiro atoms. The summed E-state index contributed by atoms with van der Waals surface area (Å²) in [5.41, 5.74) is 0. The number of ether oxygens (including phenoxy) is 2. The van der Waals surface area contributed by atoms with E-state index in [1.165, 1.54) is 0 Å². The minimum Gasteiger partial charge on any atom is -0.465 e. The van der Waals surface area contributed by atoms with E-state index in [1.54, 1.807) is 0 Å². The summed E-state index contributed by atoms with van der Waals surface area (Å²) in [6, 6.07) is 0. The number of carbonyl (C=O) groups is 2. The SMILES string of the molecule is C[N+](C)(C)CCCOC(=O)[C@@H]1[C@H]2C[C@@H]3[C@@H]1C(=O)O[C@@H]3C2. The number of hydrogen-bond donors (Lipinski definition) is 0. The fraction of sp³-hybridized carbons (Fsp3) is 0.867. The lowest BCUT2D eigenvalue weighted by atomic mass is 9.80. The molecule has 3 rings (SSSR count). The highest BCUT2D eigenvalue weighted by molar-refractivity contribution is 5.85. The predicted octanol–water partition coefficient (Wildman–Crippen LogP) is 0.824. The monoisotopic (exact) mass is 282 g/mol. The summed E-state index contributed by atoms with van der Waals surface area (Å²) in [5.74, 6) is -0.238. The summed E-state index contributed by atoms with van der Waals surface area (Å²) in [4.78, 5) is 24.1. The summed E-state index contributed by atoms with van der Waals surface area (Å²) >= 11 is 0. The Kier molecular flexibility index (Phi) is 3.27. The van der Waals surface area contributed by atoms with Gasteiger partial charge in [0.25, 0.3) is 0 Å². The molecule has 20 heavy (non-hydrogen) atoms. The molecule has 0 radical (unpaired) electrons. The van der Waals surface area contributed by atoms with Gasteiger partial charge >= 0.3 is 11.9 Å². The summed E-state index contributed by atoms with van der Waals surface area (Å²) < 4.78 is 11.6. The topological polar surface area (TPSA) is 52.6 Å². The molecule has 112 valence electrons. The number of quaternary nitrogens is 1. The number of rotatable bonds is 5. The third-order valence-corrected chi connectivity index (χ3v) is 4.97. The van der Waals surface area contributed by atoms with Crippen LogP contribution in [0.3, 0.4) is 0 Å². The Morgan fingerprint density at radius 3 is 2.80 bits per heavy atom. The van der Waals surface area contributed by atoms with Crippen LogP contribution >= 0.6 is 0 Å². The summed E-state index contributed by atoms with van der Waals surface area (Å²) in [7, 11) is 6.35. The van der Waals surface area contributed by atoms with Crippen LogP contribution in [0.2, 0.25) is 0 Å². The molecule has 2 saturated carbocycles. The second-order valence-electron chi connectivity index (χ2n) is 7.46. The van der Waals surface area contributed by atoms with Gasteiger partial charge in [0.2, 0.25) is 0 Å². The minimum atomic E-state index is -0.240. The van der Waals surface area contributed by atoms with Crippen molar-refractivity contribution in [3.63, 3.8) is 0 Å². The quantitative estimate of drug-likeness (QED) is 0.426. The van der Waals surface area contributed by atoms with Crippen molar-refractivity contribution < 1.29 is 23.5 Å². The maximum Gasteiger partial charge on any atom is 0.310 e. The van der Waals surface area contributed by atoms with Gasteiger partial charge in [-0.05, 0) is 18.8 Å². The normalized spacial score (nSPS) is 38.1. The number of hydrogen-bond acceptors (Lipinski definition) is 4. The van der Waals surface area contributed by atoms with Crippen LogP contribution in [0.25, 0.3) is 0 Å². The molecule has 1 saturated heterocycles. The molecule has 2 aliphatic carbocycles. The second-order valence-corrected chi connectivity index (χ2v) is 7.46. The smallest absolute Gasteiger partial charge is 0.310 e. The highest BCUT2D eigenvalue weighted by Gasteiger charge is 2.64. The van der Waals surface area contributed by atoms with Crippen molar-refractivity contribution in [2.45, 2.75) is 25.4 Å². The van der Waals surface area contributed by atoms with E-state index in [4.69, 9.17) is 9.47 Å². The van der Waals surface area contributed by atoms with Crippen molar-refractivity contribution in [1.29, 1.82) is 0 Å². The van der Waals surface area contributed by atoms with Crippen molar-refractivity contribution in [3.8, 4) is 0 Å². The molecule has 0 unspecified atom stereocenters. The lowest BCUT2D eigenvalue weighted by Gasteiger charge is -2.25. The van der Waals surface area contributed by atoms with Crippen molar-refractivity contribution >= 4 is 11.9 Å². The standard InChI is InChI=1S/C15H24NO4/c1-16(2,3)5-4-6-19-14(17)12-9-7-10-11(8-9)20-15(18)13(10)12/h9-13H,4-8H2,1-3H3/q+1/t9-,10-,11+,12+,13-/m0/s1. The second kappa shape index (κ2) is 4.72. The van der Waals surface area contributed by atoms with Gasteiger partial charge in [0, 0.05) is 12.3 Å². The van der Waals surface area contributed by atoms with Crippen molar-refractivity contribution in [2.75, 3.05) is 34.3 Å². The Labute approximate surface area is 119 Å². The largest absolute Gasteiger partial charge is 0.465 e. The first-order valence-corrected chi connectivity index (χ1v) is 7.54. The Bertz CT molecular complexity index is 426. The lowest BCUT2D eigenvalue weighted by Crippen LogP contribution is -2.37. The third kappa shape index (κ3) is 2.32. The van der Waals surface area contributed by atoms with Crippen LogP contribution in [-0.2, 0) is 19.1 Å². The predicted molar refractivity (Wildman–Crippen MR) is 71.5 cm³/mol. The van der Waals surface area contributed by atoms with E-state index in [2.05, 4.69) is 21.1 Å². The molecule has 0 aromatic carbocycles. The molecule has 1 aliphatic heterocycles. The molecule has 5 heteroatoms. The summed E-state index contributed by atoms with van der Waals surface area (Å²) in [6.07, 6.45) is 2.75. The van der Waals surface area contributed by atoms with Crippen LogP contribution < -0.4 is 0 Å². The molecule has 3 aliphatic rings. The van der Waals surface area contributed by atoms with Gasteiger partial charge in [-0.3, -0.25) is 9.59 Å². The fourth-order valence-electron chi connectivity index (χ4n) is 4.13. The molecule has 5 atom stereocenters. The summed E-state index contributed by atoms with van der Waals surface area (Å²) in [6.45, 7) is 1.42. The van der Waals surface area contributed by atoms with Gasteiger partial charge in [-0.1, -0.05) is 0 Å². The van der Waals surface area contributed by atoms with E-state index >= 15 is 0 Å². The number of carbonyl (C=O) groups excluding carboxylic acids is 2. The molecule has 0 amide bonds. The molecule has 5 nitrogen and oxygen atoms in total. The van der Waals surface area contributed by atoms with Gasteiger partial charge in [0.1, 0.15) is 6.10 Å². The Morgan fingerprint density at radius 2 is 2.10 bits per heavy atom. The van der Waals surface area contributed by atoms with E-state index in [0.29, 0.717) is 12.5 Å². The van der Waals surface area contributed by atoms with Gasteiger partial charge in [0.05, 0.1) is 46.1 Å².